The highest BCUT2D eigenvalue weighted by Gasteiger charge is 2.26. The lowest BCUT2D eigenvalue weighted by atomic mass is 9.93. The molecule has 1 aromatic carbocycles. The highest BCUT2D eigenvalue weighted by atomic mass is 35.5. The van der Waals surface area contributed by atoms with Crippen LogP contribution in [-0.2, 0) is 10.0 Å². The van der Waals surface area contributed by atoms with Gasteiger partial charge in [-0.1, -0.05) is 6.07 Å². The van der Waals surface area contributed by atoms with Crippen molar-refractivity contribution in [1.82, 2.24) is 14.5 Å². The molecule has 154 valence electrons. The Kier molecular flexibility index (Phi) is 9.21. The zero-order valence-corrected chi connectivity index (χ0v) is 18.3. The van der Waals surface area contributed by atoms with E-state index < -0.39 is 10.0 Å². The molecule has 1 N–H and O–H groups in total. The lowest BCUT2D eigenvalue weighted by Crippen LogP contribution is -2.39. The van der Waals surface area contributed by atoms with Gasteiger partial charge >= 0.3 is 0 Å². The molecule has 0 spiro atoms. The first kappa shape index (κ1) is 23.9. The van der Waals surface area contributed by atoms with Crippen LogP contribution in [0.2, 0.25) is 0 Å². The number of likely N-dealkylation sites (tertiary alicyclic amines) is 1. The van der Waals surface area contributed by atoms with Crippen molar-refractivity contribution >= 4 is 28.3 Å². The molecule has 1 aliphatic rings. The zero-order valence-electron chi connectivity index (χ0n) is 16.6. The predicted octanol–water partition coefficient (Wildman–Crippen LogP) is 2.60. The number of halogens is 1. The normalized spacial score (nSPS) is 15.9. The van der Waals surface area contributed by atoms with Crippen LogP contribution >= 0.6 is 12.4 Å². The van der Waals surface area contributed by atoms with Gasteiger partial charge in [0.2, 0.25) is 10.0 Å². The number of benzene rings is 1. The fourth-order valence-corrected chi connectivity index (χ4v) is 4.60. The number of carbonyl (C=O) groups excluding carboxylic acids is 1. The number of sulfonamides is 1. The minimum absolute atomic E-state index is 0. The summed E-state index contributed by atoms with van der Waals surface area (Å²) in [7, 11) is -0.0737. The Morgan fingerprint density at radius 1 is 1.30 bits per heavy atom. The first-order valence-corrected chi connectivity index (χ1v) is 10.7. The Balaban J connectivity index is 0.00000364. The molecule has 1 amide bonds. The van der Waals surface area contributed by atoms with Gasteiger partial charge < -0.3 is 10.2 Å². The van der Waals surface area contributed by atoms with E-state index in [4.69, 9.17) is 0 Å². The molecule has 0 saturated carbocycles. The summed E-state index contributed by atoms with van der Waals surface area (Å²) >= 11 is 0. The van der Waals surface area contributed by atoms with E-state index in [0.29, 0.717) is 11.5 Å². The molecule has 27 heavy (non-hydrogen) atoms. The van der Waals surface area contributed by atoms with Crippen molar-refractivity contribution in [3.63, 3.8) is 0 Å². The van der Waals surface area contributed by atoms with Crippen molar-refractivity contribution in [2.75, 3.05) is 33.7 Å². The molecule has 2 rings (SSSR count). The van der Waals surface area contributed by atoms with Crippen LogP contribution in [0, 0.1) is 5.92 Å². The summed E-state index contributed by atoms with van der Waals surface area (Å²) < 4.78 is 26.6. The molecular weight excluding hydrogens is 386 g/mol. The molecule has 6 nitrogen and oxygen atoms in total. The molecule has 1 fully saturated rings. The minimum Gasteiger partial charge on any atom is -0.339 e. The molecule has 1 saturated heterocycles. The van der Waals surface area contributed by atoms with E-state index in [1.807, 2.05) is 25.8 Å². The molecule has 0 aliphatic carbocycles. The van der Waals surface area contributed by atoms with Gasteiger partial charge in [0.1, 0.15) is 0 Å². The Hall–Kier alpha value is -1.15. The highest BCUT2D eigenvalue weighted by molar-refractivity contribution is 7.89. The second kappa shape index (κ2) is 10.4. The summed E-state index contributed by atoms with van der Waals surface area (Å²) in [5, 5.41) is 3.17. The third-order valence-corrected chi connectivity index (χ3v) is 7.22. The van der Waals surface area contributed by atoms with Gasteiger partial charge in [-0.05, 0) is 70.8 Å². The van der Waals surface area contributed by atoms with Crippen molar-refractivity contribution in [3.8, 4) is 0 Å². The van der Waals surface area contributed by atoms with Crippen LogP contribution in [0.15, 0.2) is 29.2 Å². The van der Waals surface area contributed by atoms with Crippen LogP contribution in [0.25, 0.3) is 0 Å². The molecule has 0 bridgehead atoms. The lowest BCUT2D eigenvalue weighted by Gasteiger charge is -2.32. The van der Waals surface area contributed by atoms with E-state index in [0.717, 1.165) is 38.9 Å². The Morgan fingerprint density at radius 3 is 2.48 bits per heavy atom. The van der Waals surface area contributed by atoms with Gasteiger partial charge in [-0.2, -0.15) is 4.31 Å². The predicted molar refractivity (Wildman–Crippen MR) is 111 cm³/mol. The number of hydrogen-bond donors (Lipinski definition) is 1. The number of amides is 1. The molecule has 1 heterocycles. The number of piperidine rings is 1. The van der Waals surface area contributed by atoms with Gasteiger partial charge in [0.05, 0.1) is 4.90 Å². The largest absolute Gasteiger partial charge is 0.339 e. The van der Waals surface area contributed by atoms with E-state index >= 15 is 0 Å². The highest BCUT2D eigenvalue weighted by Crippen LogP contribution is 2.23. The molecule has 8 heteroatoms. The number of hydrogen-bond acceptors (Lipinski definition) is 4. The van der Waals surface area contributed by atoms with Crippen LogP contribution in [0.3, 0.4) is 0 Å². The monoisotopic (exact) mass is 417 g/mol. The molecule has 0 radical (unpaired) electrons. The molecular formula is C19H32ClN3O3S. The summed E-state index contributed by atoms with van der Waals surface area (Å²) in [5.74, 6) is 0.569. The molecule has 0 aromatic heterocycles. The van der Waals surface area contributed by atoms with Gasteiger partial charge in [-0.15, -0.1) is 12.4 Å². The summed E-state index contributed by atoms with van der Waals surface area (Å²) in [6.45, 7) is 6.11. The van der Waals surface area contributed by atoms with Crippen molar-refractivity contribution in [2.24, 2.45) is 5.92 Å². The molecule has 1 aliphatic heterocycles. The van der Waals surface area contributed by atoms with Crippen molar-refractivity contribution in [1.29, 1.82) is 0 Å². The second-order valence-electron chi connectivity index (χ2n) is 7.27. The van der Waals surface area contributed by atoms with E-state index in [-0.39, 0.29) is 29.3 Å². The second-order valence-corrected chi connectivity index (χ2v) is 9.27. The smallest absolute Gasteiger partial charge is 0.253 e. The van der Waals surface area contributed by atoms with Gasteiger partial charge in [-0.3, -0.25) is 4.79 Å². The van der Waals surface area contributed by atoms with Gasteiger partial charge in [0.15, 0.2) is 0 Å². The maximum atomic E-state index is 12.8. The maximum absolute atomic E-state index is 12.8. The number of nitrogens with zero attached hydrogens (tertiary/aromatic N) is 2. The van der Waals surface area contributed by atoms with Crippen LogP contribution in [0.5, 0.6) is 0 Å². The van der Waals surface area contributed by atoms with Crippen molar-refractivity contribution in [3.05, 3.63) is 29.8 Å². The van der Waals surface area contributed by atoms with Gasteiger partial charge in [0, 0.05) is 31.7 Å². The number of rotatable bonds is 7. The average molecular weight is 418 g/mol. The maximum Gasteiger partial charge on any atom is 0.253 e. The SMILES string of the molecule is CNCCC1CCN(C(=O)c2cccc(S(=O)(=O)N(C)C(C)C)c2)CC1.Cl. The standard InChI is InChI=1S/C19H31N3O3S.ClH/c1-15(2)21(4)26(24,25)18-7-5-6-17(14-18)19(23)22-12-9-16(10-13-22)8-11-20-3;/h5-7,14-16,20H,8-13H2,1-4H3;1H. The van der Waals surface area contributed by atoms with E-state index in [9.17, 15) is 13.2 Å². The van der Waals surface area contributed by atoms with Crippen molar-refractivity contribution in [2.45, 2.75) is 44.0 Å². The minimum atomic E-state index is -3.59. The fourth-order valence-electron chi connectivity index (χ4n) is 3.19. The Morgan fingerprint density at radius 2 is 1.93 bits per heavy atom. The zero-order chi connectivity index (χ0) is 19.3. The van der Waals surface area contributed by atoms with Crippen molar-refractivity contribution < 1.29 is 13.2 Å². The summed E-state index contributed by atoms with van der Waals surface area (Å²) in [4.78, 5) is 14.8. The molecule has 0 atom stereocenters. The molecule has 0 unspecified atom stereocenters. The summed E-state index contributed by atoms with van der Waals surface area (Å²) in [6.07, 6.45) is 3.14. The first-order chi connectivity index (χ1) is 12.3. The Bertz CT molecular complexity index is 717. The van der Waals surface area contributed by atoms with Gasteiger partial charge in [0.25, 0.3) is 5.91 Å². The summed E-state index contributed by atoms with van der Waals surface area (Å²) in [5.41, 5.74) is 0.442. The van der Waals surface area contributed by atoms with Gasteiger partial charge in [-0.25, -0.2) is 8.42 Å². The van der Waals surface area contributed by atoms with Crippen LogP contribution in [-0.4, -0.2) is 63.3 Å². The average Bonchev–Trinajstić information content (AvgIpc) is 2.65. The number of carbonyl (C=O) groups is 1. The lowest BCUT2D eigenvalue weighted by molar-refractivity contribution is 0.0687. The van der Waals surface area contributed by atoms with Crippen LogP contribution in [0.1, 0.15) is 43.5 Å². The summed E-state index contributed by atoms with van der Waals surface area (Å²) in [6, 6.07) is 6.26. The van der Waals surface area contributed by atoms with E-state index in [1.165, 1.54) is 10.4 Å². The topological polar surface area (TPSA) is 69.7 Å². The van der Waals surface area contributed by atoms with Crippen LogP contribution in [0.4, 0.5) is 0 Å². The first-order valence-electron chi connectivity index (χ1n) is 9.29. The fraction of sp³-hybridized carbons (Fsp3) is 0.632. The third-order valence-electron chi connectivity index (χ3n) is 5.19. The van der Waals surface area contributed by atoms with Crippen LogP contribution < -0.4 is 5.32 Å². The quantitative estimate of drug-likeness (QED) is 0.740. The Labute approximate surface area is 169 Å². The number of nitrogens with one attached hydrogen (secondary N) is 1. The molecule has 1 aromatic rings. The van der Waals surface area contributed by atoms with E-state index in [2.05, 4.69) is 5.32 Å². The van der Waals surface area contributed by atoms with E-state index in [1.54, 1.807) is 25.2 Å². The third kappa shape index (κ3) is 5.91.